The number of halogens is 2. The van der Waals surface area contributed by atoms with Gasteiger partial charge in [-0.1, -0.05) is 0 Å². The molecular weight excluding hydrogens is 378 g/mol. The Balaban J connectivity index is 1.68. The van der Waals surface area contributed by atoms with E-state index in [0.29, 0.717) is 6.04 Å². The van der Waals surface area contributed by atoms with Gasteiger partial charge in [0.25, 0.3) is 0 Å². The molecule has 18 heavy (non-hydrogen) atoms. The van der Waals surface area contributed by atoms with Gasteiger partial charge in [-0.2, -0.15) is 0 Å². The number of hydrogen-bond donors (Lipinski definition) is 1. The number of thiophene rings is 1. The van der Waals surface area contributed by atoms with Crippen molar-refractivity contribution in [2.24, 2.45) is 0 Å². The molecule has 2 nitrogen and oxygen atoms in total. The standard InChI is InChI=1S/C13H13Br2NOS/c14-10-6-8(18-13(10)15)7-16-11-2-1-3-12-9(11)4-5-17-12/h4-6,11,16H,1-3,7H2. The van der Waals surface area contributed by atoms with Crippen LogP contribution in [0, 0.1) is 0 Å². The highest BCUT2D eigenvalue weighted by atomic mass is 79.9. The maximum absolute atomic E-state index is 5.51. The molecule has 0 spiro atoms. The van der Waals surface area contributed by atoms with Crippen LogP contribution in [0.25, 0.3) is 0 Å². The number of nitrogens with one attached hydrogen (secondary N) is 1. The van der Waals surface area contributed by atoms with E-state index in [2.05, 4.69) is 49.3 Å². The molecule has 0 saturated heterocycles. The summed E-state index contributed by atoms with van der Waals surface area (Å²) < 4.78 is 7.80. The fourth-order valence-electron chi connectivity index (χ4n) is 2.40. The molecule has 2 aromatic heterocycles. The van der Waals surface area contributed by atoms with E-state index < -0.39 is 0 Å². The first-order chi connectivity index (χ1) is 8.74. The topological polar surface area (TPSA) is 25.2 Å². The van der Waals surface area contributed by atoms with Crippen molar-refractivity contribution in [1.82, 2.24) is 5.32 Å². The van der Waals surface area contributed by atoms with E-state index in [1.165, 1.54) is 23.3 Å². The van der Waals surface area contributed by atoms with E-state index in [1.807, 2.05) is 6.26 Å². The average molecular weight is 391 g/mol. The fraction of sp³-hybridized carbons (Fsp3) is 0.385. The number of furan rings is 1. The summed E-state index contributed by atoms with van der Waals surface area (Å²) in [5, 5.41) is 3.63. The predicted molar refractivity (Wildman–Crippen MR) is 80.9 cm³/mol. The highest BCUT2D eigenvalue weighted by molar-refractivity contribution is 9.13. The molecule has 0 aliphatic heterocycles. The Hall–Kier alpha value is -0.100. The van der Waals surface area contributed by atoms with E-state index in [4.69, 9.17) is 4.42 Å². The van der Waals surface area contributed by atoms with Crippen LogP contribution in [0.2, 0.25) is 0 Å². The second-order valence-corrected chi connectivity index (χ2v) is 7.77. The van der Waals surface area contributed by atoms with Gasteiger partial charge in [-0.25, -0.2) is 0 Å². The molecule has 1 N–H and O–H groups in total. The molecule has 0 saturated carbocycles. The fourth-order valence-corrected chi connectivity index (χ4v) is 4.53. The highest BCUT2D eigenvalue weighted by Gasteiger charge is 2.22. The van der Waals surface area contributed by atoms with Gasteiger partial charge in [0.15, 0.2) is 0 Å². The first-order valence-corrected chi connectivity index (χ1v) is 8.37. The van der Waals surface area contributed by atoms with Crippen LogP contribution in [-0.2, 0) is 13.0 Å². The Morgan fingerprint density at radius 2 is 2.33 bits per heavy atom. The Morgan fingerprint density at radius 3 is 3.11 bits per heavy atom. The second kappa shape index (κ2) is 5.49. The van der Waals surface area contributed by atoms with Crippen LogP contribution in [0.3, 0.4) is 0 Å². The Kier molecular flexibility index (Phi) is 3.94. The zero-order valence-electron chi connectivity index (χ0n) is 9.71. The molecule has 0 bridgehead atoms. The van der Waals surface area contributed by atoms with E-state index in [9.17, 15) is 0 Å². The minimum atomic E-state index is 0.437. The molecule has 96 valence electrons. The lowest BCUT2D eigenvalue weighted by atomic mass is 9.93. The molecule has 1 aliphatic carbocycles. The zero-order chi connectivity index (χ0) is 12.5. The number of rotatable bonds is 3. The summed E-state index contributed by atoms with van der Waals surface area (Å²) in [7, 11) is 0. The predicted octanol–water partition coefficient (Wildman–Crippen LogP) is 5.03. The molecule has 2 aromatic rings. The minimum Gasteiger partial charge on any atom is -0.469 e. The zero-order valence-corrected chi connectivity index (χ0v) is 13.7. The maximum atomic E-state index is 5.51. The SMILES string of the molecule is Brc1cc(CNC2CCCc3occc32)sc1Br. The first-order valence-electron chi connectivity index (χ1n) is 5.97. The molecule has 0 amide bonds. The number of hydrogen-bond acceptors (Lipinski definition) is 3. The van der Waals surface area contributed by atoms with E-state index in [1.54, 1.807) is 11.3 Å². The molecule has 1 atom stereocenters. The van der Waals surface area contributed by atoms with Crippen molar-refractivity contribution in [3.8, 4) is 0 Å². The lowest BCUT2D eigenvalue weighted by molar-refractivity contribution is 0.412. The van der Waals surface area contributed by atoms with Gasteiger partial charge in [-0.3, -0.25) is 0 Å². The second-order valence-electron chi connectivity index (χ2n) is 4.46. The van der Waals surface area contributed by atoms with Crippen LogP contribution >= 0.6 is 43.2 Å². The van der Waals surface area contributed by atoms with Gasteiger partial charge in [-0.15, -0.1) is 11.3 Å². The summed E-state index contributed by atoms with van der Waals surface area (Å²) in [6, 6.07) is 4.71. The van der Waals surface area contributed by atoms with Gasteiger partial charge in [0.1, 0.15) is 5.76 Å². The molecule has 1 unspecified atom stereocenters. The summed E-state index contributed by atoms with van der Waals surface area (Å²) in [6.07, 6.45) is 5.29. The van der Waals surface area contributed by atoms with Gasteiger partial charge in [0.2, 0.25) is 0 Å². The number of aryl methyl sites for hydroxylation is 1. The summed E-state index contributed by atoms with van der Waals surface area (Å²) in [5.41, 5.74) is 1.34. The number of fused-ring (bicyclic) bond motifs is 1. The van der Waals surface area contributed by atoms with Gasteiger partial charge in [0.05, 0.1) is 10.0 Å². The lowest BCUT2D eigenvalue weighted by Gasteiger charge is -2.22. The molecule has 0 fully saturated rings. The quantitative estimate of drug-likeness (QED) is 0.794. The third-order valence-electron chi connectivity index (χ3n) is 3.27. The normalized spacial score (nSPS) is 18.9. The van der Waals surface area contributed by atoms with Crippen LogP contribution in [-0.4, -0.2) is 0 Å². The average Bonchev–Trinajstić information content (AvgIpc) is 2.94. The largest absolute Gasteiger partial charge is 0.469 e. The van der Waals surface area contributed by atoms with Crippen LogP contribution in [0.5, 0.6) is 0 Å². The molecule has 0 aromatic carbocycles. The molecule has 2 heterocycles. The summed E-state index contributed by atoms with van der Waals surface area (Å²) in [5.74, 6) is 1.16. The molecule has 1 aliphatic rings. The third-order valence-corrected chi connectivity index (χ3v) is 6.53. The minimum absolute atomic E-state index is 0.437. The lowest BCUT2D eigenvalue weighted by Crippen LogP contribution is -2.23. The summed E-state index contributed by atoms with van der Waals surface area (Å²) in [4.78, 5) is 1.34. The third kappa shape index (κ3) is 2.59. The van der Waals surface area contributed by atoms with Crippen molar-refractivity contribution in [3.63, 3.8) is 0 Å². The van der Waals surface area contributed by atoms with E-state index in [-0.39, 0.29) is 0 Å². The monoisotopic (exact) mass is 389 g/mol. The van der Waals surface area contributed by atoms with Crippen LogP contribution in [0.15, 0.2) is 31.1 Å². The van der Waals surface area contributed by atoms with Gasteiger partial charge < -0.3 is 9.73 Å². The van der Waals surface area contributed by atoms with Crippen molar-refractivity contribution in [2.75, 3.05) is 0 Å². The van der Waals surface area contributed by atoms with Crippen molar-refractivity contribution >= 4 is 43.2 Å². The van der Waals surface area contributed by atoms with Crippen LogP contribution < -0.4 is 5.32 Å². The van der Waals surface area contributed by atoms with Crippen molar-refractivity contribution in [2.45, 2.75) is 31.8 Å². The van der Waals surface area contributed by atoms with Gasteiger partial charge in [-0.05, 0) is 56.8 Å². The maximum Gasteiger partial charge on any atom is 0.108 e. The van der Waals surface area contributed by atoms with Gasteiger partial charge in [0, 0.05) is 33.9 Å². The van der Waals surface area contributed by atoms with Gasteiger partial charge >= 0.3 is 0 Å². The summed E-state index contributed by atoms with van der Waals surface area (Å²) in [6.45, 7) is 0.907. The molecule has 5 heteroatoms. The summed E-state index contributed by atoms with van der Waals surface area (Å²) >= 11 is 8.82. The smallest absolute Gasteiger partial charge is 0.108 e. The Bertz CT molecular complexity index is 529. The molecular formula is C13H13Br2NOS. The Morgan fingerprint density at radius 1 is 1.44 bits per heavy atom. The van der Waals surface area contributed by atoms with E-state index >= 15 is 0 Å². The van der Waals surface area contributed by atoms with Crippen molar-refractivity contribution < 1.29 is 4.42 Å². The van der Waals surface area contributed by atoms with Crippen LogP contribution in [0.1, 0.15) is 35.1 Å². The Labute approximate surface area is 127 Å². The highest BCUT2D eigenvalue weighted by Crippen LogP contribution is 2.34. The van der Waals surface area contributed by atoms with Crippen LogP contribution in [0.4, 0.5) is 0 Å². The molecule has 3 rings (SSSR count). The van der Waals surface area contributed by atoms with E-state index in [0.717, 1.165) is 27.0 Å². The van der Waals surface area contributed by atoms with Crippen molar-refractivity contribution in [1.29, 1.82) is 0 Å². The van der Waals surface area contributed by atoms with Crippen molar-refractivity contribution in [3.05, 3.63) is 42.9 Å². The first kappa shape index (κ1) is 12.9. The molecule has 0 radical (unpaired) electrons.